The highest BCUT2D eigenvalue weighted by molar-refractivity contribution is 9.10. The monoisotopic (exact) mass is 348 g/mol. The minimum atomic E-state index is -0.520. The average molecular weight is 349 g/mol. The van der Waals surface area contributed by atoms with Crippen LogP contribution in [0.15, 0.2) is 22.7 Å². The Morgan fingerprint density at radius 3 is 2.84 bits per heavy atom. The number of hydrogen-bond donors (Lipinski definition) is 1. The summed E-state index contributed by atoms with van der Waals surface area (Å²) in [7, 11) is 1.61. The lowest BCUT2D eigenvalue weighted by Gasteiger charge is -2.17. The maximum atomic E-state index is 13.4. The lowest BCUT2D eigenvalue weighted by atomic mass is 10.3. The van der Waals surface area contributed by atoms with Gasteiger partial charge in [0, 0.05) is 24.5 Å². The quantitative estimate of drug-likeness (QED) is 0.800. The summed E-state index contributed by atoms with van der Waals surface area (Å²) in [6, 6.07) is 4.37. The molecule has 0 aliphatic rings. The number of amides is 1. The number of hydrogen-bond acceptors (Lipinski definition) is 3. The molecule has 0 aromatic heterocycles. The summed E-state index contributed by atoms with van der Waals surface area (Å²) in [6.07, 6.45) is 0.449. The van der Waals surface area contributed by atoms with Crippen LogP contribution in [0.1, 0.15) is 6.42 Å². The van der Waals surface area contributed by atoms with Crippen LogP contribution in [-0.4, -0.2) is 36.0 Å². The predicted molar refractivity (Wildman–Crippen MR) is 78.6 cm³/mol. The van der Waals surface area contributed by atoms with Crippen LogP contribution in [0, 0.1) is 5.82 Å². The van der Waals surface area contributed by atoms with E-state index in [2.05, 4.69) is 15.9 Å². The van der Waals surface area contributed by atoms with Crippen LogP contribution < -0.4 is 10.5 Å². The minimum absolute atomic E-state index is 0.0410. The molecule has 1 rings (SSSR count). The van der Waals surface area contributed by atoms with Crippen LogP contribution in [0.2, 0.25) is 0 Å². The third-order valence-corrected chi connectivity index (χ3v) is 3.06. The molecule has 2 N–H and O–H groups in total. The average Bonchev–Trinajstić information content (AvgIpc) is 2.34. The Morgan fingerprint density at radius 2 is 2.26 bits per heavy atom. The van der Waals surface area contributed by atoms with Crippen molar-refractivity contribution in [2.75, 3.05) is 20.2 Å². The van der Waals surface area contributed by atoms with Gasteiger partial charge in [-0.2, -0.15) is 0 Å². The summed E-state index contributed by atoms with van der Waals surface area (Å²) >= 11 is 7.86. The van der Waals surface area contributed by atoms with Crippen LogP contribution in [0.3, 0.4) is 0 Å². The molecule has 0 saturated heterocycles. The summed E-state index contributed by atoms with van der Waals surface area (Å²) in [6.45, 7) is 0.187. The van der Waals surface area contributed by atoms with Gasteiger partial charge in [0.2, 0.25) is 0 Å². The summed E-state index contributed by atoms with van der Waals surface area (Å²) < 4.78 is 19.2. The zero-order chi connectivity index (χ0) is 14.4. The van der Waals surface area contributed by atoms with Crippen molar-refractivity contribution >= 4 is 39.0 Å². The number of nitrogens with two attached hydrogens (primary N) is 1. The summed E-state index contributed by atoms with van der Waals surface area (Å²) in [4.78, 5) is 13.5. The number of halogens is 2. The molecule has 0 fully saturated rings. The van der Waals surface area contributed by atoms with Crippen molar-refractivity contribution in [2.24, 2.45) is 5.73 Å². The van der Waals surface area contributed by atoms with Gasteiger partial charge in [0.05, 0.1) is 4.99 Å². The number of carbonyl (C=O) groups excluding carboxylic acids is 1. The molecule has 0 aliphatic carbocycles. The Bertz CT molecular complexity index is 485. The minimum Gasteiger partial charge on any atom is -0.481 e. The van der Waals surface area contributed by atoms with E-state index in [0.29, 0.717) is 22.4 Å². The fourth-order valence-corrected chi connectivity index (χ4v) is 1.67. The van der Waals surface area contributed by atoms with Gasteiger partial charge in [0.15, 0.2) is 18.2 Å². The first kappa shape index (κ1) is 15.8. The highest BCUT2D eigenvalue weighted by Crippen LogP contribution is 2.21. The molecule has 0 radical (unpaired) electrons. The number of nitrogens with zero attached hydrogens (tertiary/aromatic N) is 1. The topological polar surface area (TPSA) is 55.6 Å². The molecular weight excluding hydrogens is 335 g/mol. The zero-order valence-corrected chi connectivity index (χ0v) is 12.8. The van der Waals surface area contributed by atoms with E-state index in [-0.39, 0.29) is 18.3 Å². The Balaban J connectivity index is 2.47. The van der Waals surface area contributed by atoms with Crippen molar-refractivity contribution in [3.8, 4) is 5.75 Å². The summed E-state index contributed by atoms with van der Waals surface area (Å²) in [5, 5.41) is 0. The van der Waals surface area contributed by atoms with Gasteiger partial charge in [-0.05, 0) is 18.2 Å². The number of benzene rings is 1. The molecule has 0 bridgehead atoms. The fourth-order valence-electron chi connectivity index (χ4n) is 1.24. The Morgan fingerprint density at radius 1 is 1.58 bits per heavy atom. The first-order chi connectivity index (χ1) is 8.90. The smallest absolute Gasteiger partial charge is 0.260 e. The molecule has 104 valence electrons. The first-order valence-electron chi connectivity index (χ1n) is 5.50. The van der Waals surface area contributed by atoms with Gasteiger partial charge in [-0.3, -0.25) is 4.79 Å². The molecule has 0 unspecified atom stereocenters. The number of likely N-dealkylation sites (N-methyl/N-ethyl adjacent to an activating group) is 1. The third kappa shape index (κ3) is 5.52. The van der Waals surface area contributed by atoms with E-state index < -0.39 is 5.82 Å². The van der Waals surface area contributed by atoms with Gasteiger partial charge >= 0.3 is 0 Å². The maximum Gasteiger partial charge on any atom is 0.260 e. The van der Waals surface area contributed by atoms with Crippen molar-refractivity contribution < 1.29 is 13.9 Å². The predicted octanol–water partition coefficient (Wildman–Crippen LogP) is 2.10. The summed E-state index contributed by atoms with van der Waals surface area (Å²) in [5.41, 5.74) is 5.35. The second-order valence-electron chi connectivity index (χ2n) is 3.90. The molecule has 0 spiro atoms. The van der Waals surface area contributed by atoms with Crippen LogP contribution >= 0.6 is 28.1 Å². The van der Waals surface area contributed by atoms with Crippen LogP contribution in [0.25, 0.3) is 0 Å². The number of rotatable bonds is 6. The second kappa shape index (κ2) is 7.40. The molecule has 1 aromatic carbocycles. The van der Waals surface area contributed by atoms with E-state index >= 15 is 0 Å². The molecular formula is C12H14BrFN2O2S. The van der Waals surface area contributed by atoms with E-state index in [4.69, 9.17) is 22.7 Å². The third-order valence-electron chi connectivity index (χ3n) is 2.36. The van der Waals surface area contributed by atoms with Gasteiger partial charge in [0.1, 0.15) is 0 Å². The van der Waals surface area contributed by atoms with E-state index in [1.54, 1.807) is 13.1 Å². The van der Waals surface area contributed by atoms with E-state index in [1.807, 2.05) is 0 Å². The SMILES string of the molecule is CN(CCC(N)=S)C(=O)COc1ccc(Br)cc1F. The van der Waals surface area contributed by atoms with Crippen LogP contribution in [-0.2, 0) is 4.79 Å². The second-order valence-corrected chi connectivity index (χ2v) is 5.34. The van der Waals surface area contributed by atoms with Gasteiger partial charge in [-0.25, -0.2) is 4.39 Å². The fraction of sp³-hybridized carbons (Fsp3) is 0.333. The zero-order valence-electron chi connectivity index (χ0n) is 10.4. The van der Waals surface area contributed by atoms with Crippen molar-refractivity contribution in [3.05, 3.63) is 28.5 Å². The van der Waals surface area contributed by atoms with Gasteiger partial charge in [-0.15, -0.1) is 0 Å². The van der Waals surface area contributed by atoms with Crippen LogP contribution in [0.5, 0.6) is 5.75 Å². The molecule has 4 nitrogen and oxygen atoms in total. The highest BCUT2D eigenvalue weighted by atomic mass is 79.9. The van der Waals surface area contributed by atoms with Gasteiger partial charge in [0.25, 0.3) is 5.91 Å². The number of carbonyl (C=O) groups is 1. The normalized spacial score (nSPS) is 10.1. The molecule has 1 aromatic rings. The van der Waals surface area contributed by atoms with E-state index in [0.717, 1.165) is 0 Å². The standard InChI is InChI=1S/C12H14BrFN2O2S/c1-16(5-4-11(15)19)12(17)7-18-10-3-2-8(13)6-9(10)14/h2-3,6H,4-5,7H2,1H3,(H2,15,19). The van der Waals surface area contributed by atoms with Crippen molar-refractivity contribution in [2.45, 2.75) is 6.42 Å². The first-order valence-corrected chi connectivity index (χ1v) is 6.70. The molecule has 1 amide bonds. The van der Waals surface area contributed by atoms with Crippen LogP contribution in [0.4, 0.5) is 4.39 Å². The van der Waals surface area contributed by atoms with Gasteiger partial charge < -0.3 is 15.4 Å². The summed E-state index contributed by atoms with van der Waals surface area (Å²) in [5.74, 6) is -0.745. The highest BCUT2D eigenvalue weighted by Gasteiger charge is 2.11. The molecule has 0 atom stereocenters. The van der Waals surface area contributed by atoms with Crippen molar-refractivity contribution in [1.82, 2.24) is 4.90 Å². The Kier molecular flexibility index (Phi) is 6.17. The van der Waals surface area contributed by atoms with E-state index in [9.17, 15) is 9.18 Å². The number of thiocarbonyl (C=S) groups is 1. The molecule has 7 heteroatoms. The molecule has 0 aliphatic heterocycles. The molecule has 0 heterocycles. The molecule has 0 saturated carbocycles. The van der Waals surface area contributed by atoms with Gasteiger partial charge in [-0.1, -0.05) is 28.1 Å². The maximum absolute atomic E-state index is 13.4. The largest absolute Gasteiger partial charge is 0.481 e. The Labute approximate surface area is 124 Å². The number of ether oxygens (including phenoxy) is 1. The van der Waals surface area contributed by atoms with Crippen molar-refractivity contribution in [3.63, 3.8) is 0 Å². The Hall–Kier alpha value is -1.21. The molecule has 19 heavy (non-hydrogen) atoms. The lowest BCUT2D eigenvalue weighted by Crippen LogP contribution is -2.33. The van der Waals surface area contributed by atoms with E-state index in [1.165, 1.54) is 17.0 Å². The lowest BCUT2D eigenvalue weighted by molar-refractivity contribution is -0.132. The van der Waals surface area contributed by atoms with Crippen molar-refractivity contribution in [1.29, 1.82) is 0 Å².